The highest BCUT2D eigenvalue weighted by Gasteiger charge is 2.35. The molecule has 5 N–H and O–H groups in total. The molecule has 1 aliphatic rings. The van der Waals surface area contributed by atoms with E-state index < -0.39 is 0 Å². The number of aliphatic hydroxyl groups excluding tert-OH is 2. The van der Waals surface area contributed by atoms with Gasteiger partial charge in [0.15, 0.2) is 11.2 Å². The third kappa shape index (κ3) is 1.97. The van der Waals surface area contributed by atoms with Crippen LogP contribution in [0.1, 0.15) is 18.9 Å². The topological polar surface area (TPSA) is 130 Å². The number of aromatic amines is 1. The van der Waals surface area contributed by atoms with E-state index in [1.54, 1.807) is 10.9 Å². The second-order valence-corrected chi connectivity index (χ2v) is 5.31. The first-order chi connectivity index (χ1) is 9.63. The van der Waals surface area contributed by atoms with Crippen LogP contribution in [-0.4, -0.2) is 42.9 Å². The normalized spacial score (nSPS) is 26.4. The smallest absolute Gasteiger partial charge is 0.280 e. The molecule has 1 aliphatic carbocycles. The van der Waals surface area contributed by atoms with E-state index in [9.17, 15) is 15.0 Å². The molecule has 0 amide bonds. The molecule has 0 unspecified atom stereocenters. The molecule has 1 fully saturated rings. The van der Waals surface area contributed by atoms with Crippen LogP contribution >= 0.6 is 0 Å². The van der Waals surface area contributed by atoms with Crippen molar-refractivity contribution in [1.82, 2.24) is 19.5 Å². The Bertz CT molecular complexity index is 679. The van der Waals surface area contributed by atoms with Crippen LogP contribution in [0, 0.1) is 11.8 Å². The summed E-state index contributed by atoms with van der Waals surface area (Å²) >= 11 is 0. The van der Waals surface area contributed by atoms with E-state index in [2.05, 4.69) is 15.0 Å². The van der Waals surface area contributed by atoms with Crippen molar-refractivity contribution in [1.29, 1.82) is 0 Å². The maximum absolute atomic E-state index is 11.8. The predicted octanol–water partition coefficient (Wildman–Crippen LogP) is -0.746. The number of imidazole rings is 1. The van der Waals surface area contributed by atoms with Gasteiger partial charge < -0.3 is 20.5 Å². The number of nitrogen functional groups attached to an aromatic ring is 1. The van der Waals surface area contributed by atoms with Crippen LogP contribution in [0.3, 0.4) is 0 Å². The fourth-order valence-corrected chi connectivity index (χ4v) is 3.09. The van der Waals surface area contributed by atoms with Gasteiger partial charge in [-0.25, -0.2) is 4.98 Å². The molecule has 2 aromatic rings. The Balaban J connectivity index is 2.08. The van der Waals surface area contributed by atoms with Gasteiger partial charge in [0, 0.05) is 25.2 Å². The zero-order valence-corrected chi connectivity index (χ0v) is 10.9. The van der Waals surface area contributed by atoms with Crippen molar-refractivity contribution < 1.29 is 10.2 Å². The van der Waals surface area contributed by atoms with Crippen molar-refractivity contribution in [2.24, 2.45) is 11.8 Å². The van der Waals surface area contributed by atoms with Gasteiger partial charge in [0.25, 0.3) is 5.56 Å². The lowest BCUT2D eigenvalue weighted by molar-refractivity contribution is 0.190. The number of aromatic nitrogens is 4. The zero-order valence-electron chi connectivity index (χ0n) is 10.9. The fraction of sp³-hybridized carbons (Fsp3) is 0.583. The fourth-order valence-electron chi connectivity index (χ4n) is 3.09. The molecular formula is C12H17N5O3. The molecule has 2 heterocycles. The molecule has 0 radical (unpaired) electrons. The number of rotatable bonds is 3. The predicted molar refractivity (Wildman–Crippen MR) is 72.0 cm³/mol. The van der Waals surface area contributed by atoms with Gasteiger partial charge >= 0.3 is 0 Å². The van der Waals surface area contributed by atoms with E-state index in [-0.39, 0.29) is 48.1 Å². The minimum Gasteiger partial charge on any atom is -0.396 e. The summed E-state index contributed by atoms with van der Waals surface area (Å²) in [4.78, 5) is 22.4. The van der Waals surface area contributed by atoms with Crippen molar-refractivity contribution in [3.05, 3.63) is 16.7 Å². The summed E-state index contributed by atoms with van der Waals surface area (Å²) in [6.07, 6.45) is 3.02. The van der Waals surface area contributed by atoms with Crippen LogP contribution in [-0.2, 0) is 0 Å². The van der Waals surface area contributed by atoms with Crippen LogP contribution < -0.4 is 11.3 Å². The Labute approximate surface area is 114 Å². The van der Waals surface area contributed by atoms with E-state index in [4.69, 9.17) is 5.73 Å². The standard InChI is InChI=1S/C12H17N5O3/c13-12-15-10-9(11(20)16-12)14-5-17(10)8-2-6(3-18)1-7(8)4-19/h5-8,18-19H,1-4H2,(H3,13,15,16,20)/t6-,7+,8-/m1/s1. The van der Waals surface area contributed by atoms with E-state index >= 15 is 0 Å². The number of hydrogen-bond donors (Lipinski definition) is 4. The molecule has 20 heavy (non-hydrogen) atoms. The lowest BCUT2D eigenvalue weighted by Crippen LogP contribution is -2.18. The number of nitrogens with one attached hydrogen (secondary N) is 1. The number of aliphatic hydroxyl groups is 2. The average Bonchev–Trinajstić information content (AvgIpc) is 3.01. The molecule has 0 spiro atoms. The monoisotopic (exact) mass is 279 g/mol. The summed E-state index contributed by atoms with van der Waals surface area (Å²) < 4.78 is 1.79. The summed E-state index contributed by atoms with van der Waals surface area (Å²) in [7, 11) is 0. The molecule has 3 atom stereocenters. The van der Waals surface area contributed by atoms with Gasteiger partial charge in [-0.15, -0.1) is 0 Å². The minimum atomic E-state index is -0.372. The molecular weight excluding hydrogens is 262 g/mol. The van der Waals surface area contributed by atoms with Gasteiger partial charge in [-0.1, -0.05) is 0 Å². The highest BCUT2D eigenvalue weighted by atomic mass is 16.3. The van der Waals surface area contributed by atoms with Crippen LogP contribution in [0.2, 0.25) is 0 Å². The third-order valence-corrected chi connectivity index (χ3v) is 4.06. The summed E-state index contributed by atoms with van der Waals surface area (Å²) in [6, 6.07) is -0.0316. The van der Waals surface area contributed by atoms with Crippen molar-refractivity contribution in [2.75, 3.05) is 18.9 Å². The van der Waals surface area contributed by atoms with Gasteiger partial charge in [-0.3, -0.25) is 9.78 Å². The Hall–Kier alpha value is -1.93. The second kappa shape index (κ2) is 4.88. The molecule has 3 rings (SSSR count). The van der Waals surface area contributed by atoms with Gasteiger partial charge in [0.2, 0.25) is 5.95 Å². The van der Waals surface area contributed by atoms with Crippen LogP contribution in [0.25, 0.3) is 11.2 Å². The SMILES string of the molecule is Nc1nc2c(ncn2[C@@H]2C[C@H](CO)C[C@H]2CO)c(=O)[nH]1. The number of nitrogens with two attached hydrogens (primary N) is 1. The molecule has 2 aromatic heterocycles. The van der Waals surface area contributed by atoms with Gasteiger partial charge in [-0.05, 0) is 18.8 Å². The van der Waals surface area contributed by atoms with Gasteiger partial charge in [0.05, 0.1) is 6.33 Å². The summed E-state index contributed by atoms with van der Waals surface area (Å²) in [5, 5.41) is 18.8. The number of hydrogen-bond acceptors (Lipinski definition) is 6. The summed E-state index contributed by atoms with van der Waals surface area (Å²) in [5.41, 5.74) is 5.87. The van der Waals surface area contributed by atoms with Gasteiger partial charge in [-0.2, -0.15) is 4.98 Å². The Morgan fingerprint density at radius 1 is 1.40 bits per heavy atom. The van der Waals surface area contributed by atoms with Crippen LogP contribution in [0.4, 0.5) is 5.95 Å². The third-order valence-electron chi connectivity index (χ3n) is 4.06. The van der Waals surface area contributed by atoms with Crippen molar-refractivity contribution in [3.63, 3.8) is 0 Å². The Morgan fingerprint density at radius 2 is 2.20 bits per heavy atom. The summed E-state index contributed by atoms with van der Waals surface area (Å²) in [6.45, 7) is 0.120. The Kier molecular flexibility index (Phi) is 3.19. The van der Waals surface area contributed by atoms with E-state index in [1.165, 1.54) is 0 Å². The second-order valence-electron chi connectivity index (χ2n) is 5.31. The van der Waals surface area contributed by atoms with Crippen molar-refractivity contribution in [2.45, 2.75) is 18.9 Å². The molecule has 0 bridgehead atoms. The zero-order chi connectivity index (χ0) is 14.3. The highest BCUT2D eigenvalue weighted by Crippen LogP contribution is 2.40. The molecule has 0 aromatic carbocycles. The molecule has 8 nitrogen and oxygen atoms in total. The average molecular weight is 279 g/mol. The maximum Gasteiger partial charge on any atom is 0.280 e. The van der Waals surface area contributed by atoms with E-state index in [1.807, 2.05) is 0 Å². The number of H-pyrrole nitrogens is 1. The van der Waals surface area contributed by atoms with Crippen LogP contribution in [0.5, 0.6) is 0 Å². The van der Waals surface area contributed by atoms with Crippen LogP contribution in [0.15, 0.2) is 11.1 Å². The highest BCUT2D eigenvalue weighted by molar-refractivity contribution is 5.70. The van der Waals surface area contributed by atoms with Gasteiger partial charge in [0.1, 0.15) is 0 Å². The Morgan fingerprint density at radius 3 is 2.90 bits per heavy atom. The molecule has 8 heteroatoms. The molecule has 108 valence electrons. The number of fused-ring (bicyclic) bond motifs is 1. The van der Waals surface area contributed by atoms with E-state index in [0.717, 1.165) is 12.8 Å². The number of nitrogens with zero attached hydrogens (tertiary/aromatic N) is 3. The molecule has 1 saturated carbocycles. The minimum absolute atomic E-state index is 0.0202. The summed E-state index contributed by atoms with van der Waals surface area (Å²) in [5.74, 6) is 0.210. The number of anilines is 1. The maximum atomic E-state index is 11.8. The van der Waals surface area contributed by atoms with E-state index in [0.29, 0.717) is 5.65 Å². The quantitative estimate of drug-likeness (QED) is 0.585. The molecule has 0 saturated heterocycles. The lowest BCUT2D eigenvalue weighted by atomic mass is 10.0. The molecule has 0 aliphatic heterocycles. The first-order valence-electron chi connectivity index (χ1n) is 6.58. The van der Waals surface area contributed by atoms with Crippen molar-refractivity contribution >= 4 is 17.1 Å². The lowest BCUT2D eigenvalue weighted by Gasteiger charge is -2.19. The first-order valence-corrected chi connectivity index (χ1v) is 6.58. The van der Waals surface area contributed by atoms with Crippen molar-refractivity contribution in [3.8, 4) is 0 Å². The first kappa shape index (κ1) is 13.1. The largest absolute Gasteiger partial charge is 0.396 e.